The smallest absolute Gasteiger partial charge is 0.257 e. The van der Waals surface area contributed by atoms with Gasteiger partial charge < -0.3 is 15.4 Å². The summed E-state index contributed by atoms with van der Waals surface area (Å²) in [7, 11) is 0. The SMILES string of the molecule is CCOc1ccccc1C(=O)N1CCCC1CCCN. The summed E-state index contributed by atoms with van der Waals surface area (Å²) in [6, 6.07) is 7.84. The number of para-hydroxylation sites is 1. The van der Waals surface area contributed by atoms with Crippen molar-refractivity contribution in [3.8, 4) is 5.75 Å². The lowest BCUT2D eigenvalue weighted by Crippen LogP contribution is -2.36. The number of hydrogen-bond donors (Lipinski definition) is 1. The van der Waals surface area contributed by atoms with Gasteiger partial charge in [-0.1, -0.05) is 12.1 Å². The van der Waals surface area contributed by atoms with E-state index >= 15 is 0 Å². The zero-order chi connectivity index (χ0) is 14.4. The second-order valence-electron chi connectivity index (χ2n) is 5.15. The summed E-state index contributed by atoms with van der Waals surface area (Å²) in [5, 5.41) is 0. The molecule has 2 rings (SSSR count). The van der Waals surface area contributed by atoms with Crippen LogP contribution in [-0.4, -0.2) is 36.5 Å². The first-order valence-electron chi connectivity index (χ1n) is 7.50. The molecule has 0 radical (unpaired) electrons. The lowest BCUT2D eigenvalue weighted by Gasteiger charge is -2.25. The Balaban J connectivity index is 2.13. The van der Waals surface area contributed by atoms with Crippen LogP contribution in [0.25, 0.3) is 0 Å². The van der Waals surface area contributed by atoms with E-state index in [2.05, 4.69) is 0 Å². The number of nitrogens with zero attached hydrogens (tertiary/aromatic N) is 1. The van der Waals surface area contributed by atoms with E-state index in [0.29, 0.717) is 30.5 Å². The average Bonchev–Trinajstić information content (AvgIpc) is 2.93. The summed E-state index contributed by atoms with van der Waals surface area (Å²) in [4.78, 5) is 14.7. The highest BCUT2D eigenvalue weighted by Crippen LogP contribution is 2.27. The fraction of sp³-hybridized carbons (Fsp3) is 0.562. The molecule has 1 aliphatic heterocycles. The van der Waals surface area contributed by atoms with Crippen LogP contribution in [0.5, 0.6) is 5.75 Å². The molecule has 20 heavy (non-hydrogen) atoms. The Morgan fingerprint density at radius 1 is 1.45 bits per heavy atom. The third kappa shape index (κ3) is 3.31. The first-order chi connectivity index (χ1) is 9.77. The fourth-order valence-corrected chi connectivity index (χ4v) is 2.84. The van der Waals surface area contributed by atoms with Crippen LogP contribution in [0.4, 0.5) is 0 Å². The molecule has 2 N–H and O–H groups in total. The van der Waals surface area contributed by atoms with E-state index in [1.165, 1.54) is 0 Å². The van der Waals surface area contributed by atoms with Gasteiger partial charge in [0.1, 0.15) is 5.75 Å². The predicted molar refractivity (Wildman–Crippen MR) is 80.0 cm³/mol. The molecule has 0 aliphatic carbocycles. The Bertz CT molecular complexity index is 448. The summed E-state index contributed by atoms with van der Waals surface area (Å²) in [6.45, 7) is 4.03. The average molecular weight is 276 g/mol. The molecular weight excluding hydrogens is 252 g/mol. The van der Waals surface area contributed by atoms with E-state index in [1.807, 2.05) is 36.1 Å². The molecule has 4 nitrogen and oxygen atoms in total. The first-order valence-corrected chi connectivity index (χ1v) is 7.50. The second-order valence-corrected chi connectivity index (χ2v) is 5.15. The van der Waals surface area contributed by atoms with Crippen LogP contribution in [0.1, 0.15) is 43.0 Å². The molecule has 1 aromatic rings. The van der Waals surface area contributed by atoms with Crippen LogP contribution < -0.4 is 10.5 Å². The van der Waals surface area contributed by atoms with Crippen molar-refractivity contribution in [1.82, 2.24) is 4.90 Å². The Hall–Kier alpha value is -1.55. The minimum atomic E-state index is 0.0913. The van der Waals surface area contributed by atoms with Crippen molar-refractivity contribution in [2.24, 2.45) is 5.73 Å². The molecule has 1 amide bonds. The number of amides is 1. The summed E-state index contributed by atoms with van der Waals surface area (Å²) in [5.41, 5.74) is 6.25. The molecule has 0 bridgehead atoms. The highest BCUT2D eigenvalue weighted by atomic mass is 16.5. The van der Waals surface area contributed by atoms with Crippen LogP contribution >= 0.6 is 0 Å². The zero-order valence-corrected chi connectivity index (χ0v) is 12.2. The van der Waals surface area contributed by atoms with Gasteiger partial charge in [0.15, 0.2) is 0 Å². The fourth-order valence-electron chi connectivity index (χ4n) is 2.84. The third-order valence-electron chi connectivity index (χ3n) is 3.80. The van der Waals surface area contributed by atoms with Crippen LogP contribution in [0, 0.1) is 0 Å². The summed E-state index contributed by atoms with van der Waals surface area (Å²) in [5.74, 6) is 0.776. The van der Waals surface area contributed by atoms with E-state index in [1.54, 1.807) is 0 Å². The minimum absolute atomic E-state index is 0.0913. The van der Waals surface area contributed by atoms with Gasteiger partial charge in [-0.2, -0.15) is 0 Å². The molecule has 1 aromatic carbocycles. The topological polar surface area (TPSA) is 55.6 Å². The Kier molecular flexibility index (Phi) is 5.41. The number of likely N-dealkylation sites (tertiary alicyclic amines) is 1. The molecule has 1 unspecified atom stereocenters. The number of ether oxygens (including phenoxy) is 1. The zero-order valence-electron chi connectivity index (χ0n) is 12.2. The van der Waals surface area contributed by atoms with Gasteiger partial charge in [-0.3, -0.25) is 4.79 Å². The minimum Gasteiger partial charge on any atom is -0.493 e. The number of carbonyl (C=O) groups is 1. The largest absolute Gasteiger partial charge is 0.493 e. The molecule has 1 heterocycles. The first kappa shape index (κ1) is 14.9. The maximum absolute atomic E-state index is 12.7. The van der Waals surface area contributed by atoms with Gasteiger partial charge in [0, 0.05) is 12.6 Å². The Labute approximate surface area is 120 Å². The van der Waals surface area contributed by atoms with Gasteiger partial charge in [0.25, 0.3) is 5.91 Å². The van der Waals surface area contributed by atoms with E-state index in [0.717, 1.165) is 32.2 Å². The third-order valence-corrected chi connectivity index (χ3v) is 3.80. The van der Waals surface area contributed by atoms with E-state index in [9.17, 15) is 4.79 Å². The van der Waals surface area contributed by atoms with Gasteiger partial charge >= 0.3 is 0 Å². The molecule has 0 aromatic heterocycles. The van der Waals surface area contributed by atoms with E-state index in [-0.39, 0.29) is 5.91 Å². The quantitative estimate of drug-likeness (QED) is 0.868. The number of carbonyl (C=O) groups excluding carboxylic acids is 1. The monoisotopic (exact) mass is 276 g/mol. The van der Waals surface area contributed by atoms with Crippen molar-refractivity contribution in [2.75, 3.05) is 19.7 Å². The van der Waals surface area contributed by atoms with Crippen molar-refractivity contribution in [1.29, 1.82) is 0 Å². The van der Waals surface area contributed by atoms with E-state index < -0.39 is 0 Å². The molecule has 0 saturated carbocycles. The molecular formula is C16H24N2O2. The summed E-state index contributed by atoms with van der Waals surface area (Å²) >= 11 is 0. The van der Waals surface area contributed by atoms with Crippen molar-refractivity contribution in [2.45, 2.75) is 38.6 Å². The standard InChI is InChI=1S/C16H24N2O2/c1-2-20-15-10-4-3-9-14(15)16(19)18-12-6-8-13(18)7-5-11-17/h3-4,9-10,13H,2,5-8,11-12,17H2,1H3. The second kappa shape index (κ2) is 7.29. The molecule has 0 spiro atoms. The van der Waals surface area contributed by atoms with Crippen LogP contribution in [0.15, 0.2) is 24.3 Å². The highest BCUT2D eigenvalue weighted by molar-refractivity contribution is 5.97. The lowest BCUT2D eigenvalue weighted by atomic mass is 10.1. The maximum atomic E-state index is 12.7. The summed E-state index contributed by atoms with van der Waals surface area (Å²) in [6.07, 6.45) is 4.14. The molecule has 1 atom stereocenters. The Morgan fingerprint density at radius 3 is 3.00 bits per heavy atom. The highest BCUT2D eigenvalue weighted by Gasteiger charge is 2.30. The van der Waals surface area contributed by atoms with Crippen molar-refractivity contribution in [3.63, 3.8) is 0 Å². The number of rotatable bonds is 6. The number of benzene rings is 1. The molecule has 1 aliphatic rings. The van der Waals surface area contributed by atoms with Gasteiger partial charge in [0.2, 0.25) is 0 Å². The van der Waals surface area contributed by atoms with Crippen molar-refractivity contribution < 1.29 is 9.53 Å². The van der Waals surface area contributed by atoms with Gasteiger partial charge in [-0.25, -0.2) is 0 Å². The molecule has 1 fully saturated rings. The lowest BCUT2D eigenvalue weighted by molar-refractivity contribution is 0.0725. The number of hydrogen-bond acceptors (Lipinski definition) is 3. The maximum Gasteiger partial charge on any atom is 0.257 e. The normalized spacial score (nSPS) is 18.3. The number of nitrogens with two attached hydrogens (primary N) is 1. The van der Waals surface area contributed by atoms with E-state index in [4.69, 9.17) is 10.5 Å². The van der Waals surface area contributed by atoms with Crippen LogP contribution in [0.3, 0.4) is 0 Å². The summed E-state index contributed by atoms with van der Waals surface area (Å²) < 4.78 is 5.57. The molecule has 110 valence electrons. The predicted octanol–water partition coefficient (Wildman–Crippen LogP) is 2.43. The van der Waals surface area contributed by atoms with Crippen molar-refractivity contribution >= 4 is 5.91 Å². The van der Waals surface area contributed by atoms with Crippen molar-refractivity contribution in [3.05, 3.63) is 29.8 Å². The van der Waals surface area contributed by atoms with Gasteiger partial charge in [0.05, 0.1) is 12.2 Å². The van der Waals surface area contributed by atoms with Gasteiger partial charge in [-0.15, -0.1) is 0 Å². The molecule has 1 saturated heterocycles. The Morgan fingerprint density at radius 2 is 2.25 bits per heavy atom. The van der Waals surface area contributed by atoms with Crippen LogP contribution in [-0.2, 0) is 0 Å². The molecule has 4 heteroatoms. The van der Waals surface area contributed by atoms with Gasteiger partial charge in [-0.05, 0) is 51.3 Å². The van der Waals surface area contributed by atoms with Crippen LogP contribution in [0.2, 0.25) is 0 Å².